The van der Waals surface area contributed by atoms with Gasteiger partial charge in [0.1, 0.15) is 24.6 Å². The second-order valence-electron chi connectivity index (χ2n) is 17.7. The van der Waals surface area contributed by atoms with Crippen molar-refractivity contribution >= 4 is 41.9 Å². The van der Waals surface area contributed by atoms with Gasteiger partial charge in [-0.2, -0.15) is 0 Å². The third-order valence-corrected chi connectivity index (χ3v) is 24.6. The maximum Gasteiger partial charge on any atom is 0.192 e. The number of hydrogen-bond donors (Lipinski definition) is 1. The smallest absolute Gasteiger partial charge is 0.192 e. The fraction of sp³-hybridized carbons (Fsp3) is 0.686. The molecule has 47 heavy (non-hydrogen) atoms. The Hall–Kier alpha value is -1.94. The van der Waals surface area contributed by atoms with Crippen molar-refractivity contribution in [3.8, 4) is 0 Å². The van der Waals surface area contributed by atoms with Gasteiger partial charge in [0, 0.05) is 6.54 Å². The van der Waals surface area contributed by atoms with Crippen LogP contribution in [0.4, 0.5) is 5.82 Å². The summed E-state index contributed by atoms with van der Waals surface area (Å²) >= 11 is 0. The third kappa shape index (κ3) is 8.27. The van der Waals surface area contributed by atoms with Gasteiger partial charge in [-0.25, -0.2) is 15.0 Å². The quantitative estimate of drug-likeness (QED) is 0.156. The largest absolute Gasteiger partial charge is 0.414 e. The molecule has 1 fully saturated rings. The number of hydrogen-bond acceptors (Lipinski definition) is 8. The SMILES string of the molecule is CC(C)(C)[Si](C)(C)OC[C@H]1O[C@@H](n2cnc3c([15NH]Cc4ccccc4)ncnc32)[C@H](O[Si](C)(C)C(C)(C)C)[C@@H]1O[Si](C)(C)C(C)(C)C. The highest BCUT2D eigenvalue weighted by Gasteiger charge is 2.55. The first-order valence-corrected chi connectivity index (χ1v) is 25.8. The molecule has 0 unspecified atom stereocenters. The highest BCUT2D eigenvalue weighted by molar-refractivity contribution is 6.75. The van der Waals surface area contributed by atoms with E-state index in [4.69, 9.17) is 28.0 Å². The number of ether oxygens (including phenoxy) is 1. The molecule has 12 heteroatoms. The van der Waals surface area contributed by atoms with Crippen LogP contribution in [0.15, 0.2) is 43.0 Å². The molecule has 3 heterocycles. The van der Waals surface area contributed by atoms with Crippen LogP contribution < -0.4 is 5.32 Å². The van der Waals surface area contributed by atoms with E-state index in [1.165, 1.54) is 0 Å². The lowest BCUT2D eigenvalue weighted by atomic mass is 10.1. The van der Waals surface area contributed by atoms with Gasteiger partial charge in [0.15, 0.2) is 48.2 Å². The van der Waals surface area contributed by atoms with Crippen LogP contribution in [0.1, 0.15) is 74.1 Å². The topological polar surface area (TPSA) is 92.6 Å². The minimum Gasteiger partial charge on any atom is -0.414 e. The predicted octanol–water partition coefficient (Wildman–Crippen LogP) is 9.14. The van der Waals surface area contributed by atoms with Crippen molar-refractivity contribution in [3.05, 3.63) is 48.5 Å². The molecular weight excluding hydrogens is 640 g/mol. The molecule has 0 aliphatic carbocycles. The Morgan fingerprint density at radius 2 is 1.30 bits per heavy atom. The van der Waals surface area contributed by atoms with Crippen molar-refractivity contribution in [3.63, 3.8) is 0 Å². The molecule has 3 aromatic rings. The van der Waals surface area contributed by atoms with E-state index in [1.54, 1.807) is 6.33 Å². The Labute approximate surface area is 287 Å². The fourth-order valence-corrected chi connectivity index (χ4v) is 8.44. The molecule has 0 saturated carbocycles. The standard InChI is InChI=1S/C35H61N5O4Si3/c1-33(2,3)45(10,11)41-22-26-28(43-46(12,13)34(4,5)6)29(44-47(14,15)35(7,8)9)32(42-26)40-24-39-27-30(37-23-38-31(27)40)36-21-25-19-17-16-18-20-25/h16-20,23-24,26,28-29,32H,21-22H2,1-15H3,(H,36,37,38)/t26-,28-,29-,32-/m1/s1/i36+1. The fourth-order valence-electron chi connectivity index (χ4n) is 4.82. The van der Waals surface area contributed by atoms with E-state index in [0.29, 0.717) is 30.1 Å². The zero-order valence-corrected chi connectivity index (χ0v) is 34.7. The van der Waals surface area contributed by atoms with Crippen molar-refractivity contribution < 1.29 is 18.0 Å². The van der Waals surface area contributed by atoms with Gasteiger partial charge in [-0.1, -0.05) is 92.6 Å². The van der Waals surface area contributed by atoms with Gasteiger partial charge in [0.05, 0.1) is 12.9 Å². The molecule has 1 aromatic carbocycles. The first-order valence-electron chi connectivity index (χ1n) is 17.1. The van der Waals surface area contributed by atoms with Gasteiger partial charge < -0.3 is 23.3 Å². The van der Waals surface area contributed by atoms with E-state index in [9.17, 15) is 0 Å². The molecule has 262 valence electrons. The monoisotopic (exact) mass is 700 g/mol. The predicted molar refractivity (Wildman–Crippen MR) is 200 cm³/mol. The first-order chi connectivity index (χ1) is 21.5. The van der Waals surface area contributed by atoms with Crippen LogP contribution in [0.5, 0.6) is 0 Å². The molecule has 0 bridgehead atoms. The lowest BCUT2D eigenvalue weighted by Gasteiger charge is -2.44. The summed E-state index contributed by atoms with van der Waals surface area (Å²) in [4.78, 5) is 14.1. The summed E-state index contributed by atoms with van der Waals surface area (Å²) in [6, 6.07) is 10.3. The maximum absolute atomic E-state index is 7.34. The Morgan fingerprint density at radius 3 is 1.85 bits per heavy atom. The van der Waals surface area contributed by atoms with Crippen molar-refractivity contribution in [1.29, 1.82) is 0 Å². The van der Waals surface area contributed by atoms with E-state index in [0.717, 1.165) is 5.56 Å². The zero-order chi connectivity index (χ0) is 35.2. The number of nitrogens with zero attached hydrogens (tertiary/aromatic N) is 4. The molecule has 0 amide bonds. The Bertz CT molecular complexity index is 1490. The number of benzene rings is 1. The van der Waals surface area contributed by atoms with E-state index < -0.39 is 31.2 Å². The van der Waals surface area contributed by atoms with Gasteiger partial charge >= 0.3 is 0 Å². The highest BCUT2D eigenvalue weighted by Crippen LogP contribution is 2.47. The van der Waals surface area contributed by atoms with Crippen LogP contribution >= 0.6 is 0 Å². The maximum atomic E-state index is 7.34. The summed E-state index contributed by atoms with van der Waals surface area (Å²) in [7, 11) is -6.62. The normalized spacial score (nSPS) is 21.9. The molecule has 1 saturated heterocycles. The number of fused-ring (bicyclic) bond motifs is 1. The van der Waals surface area contributed by atoms with Gasteiger partial charge in [-0.3, -0.25) is 4.57 Å². The van der Waals surface area contributed by atoms with E-state index in [1.807, 2.05) is 29.1 Å². The van der Waals surface area contributed by atoms with Crippen LogP contribution in [0.2, 0.25) is 54.4 Å². The first kappa shape index (κ1) is 37.9. The molecule has 1 N–H and O–H groups in total. The zero-order valence-electron chi connectivity index (χ0n) is 31.7. The van der Waals surface area contributed by atoms with Crippen LogP contribution in [0.25, 0.3) is 11.2 Å². The van der Waals surface area contributed by atoms with Gasteiger partial charge in [-0.15, -0.1) is 0 Å². The Balaban J connectivity index is 1.79. The summed E-state index contributed by atoms with van der Waals surface area (Å²) in [5.41, 5.74) is 2.55. The number of aromatic nitrogens is 4. The minimum absolute atomic E-state index is 0.00565. The van der Waals surface area contributed by atoms with Gasteiger partial charge in [0.25, 0.3) is 0 Å². The molecule has 1 aliphatic heterocycles. The van der Waals surface area contributed by atoms with Crippen LogP contribution in [-0.2, 0) is 24.6 Å². The molecule has 9 nitrogen and oxygen atoms in total. The highest BCUT2D eigenvalue weighted by atomic mass is 28.4. The van der Waals surface area contributed by atoms with Crippen LogP contribution in [0, 0.1) is 0 Å². The Kier molecular flexibility index (Phi) is 10.8. The van der Waals surface area contributed by atoms with Crippen molar-refractivity contribution in [2.45, 2.75) is 148 Å². The van der Waals surface area contributed by atoms with Crippen molar-refractivity contribution in [1.82, 2.24) is 19.5 Å². The molecule has 1 aliphatic rings. The number of nitrogens with one attached hydrogen (secondary N) is 1. The molecule has 0 spiro atoms. The molecule has 4 atom stereocenters. The molecule has 2 aromatic heterocycles. The molecular formula is C35H61N5O4Si3. The summed E-state index contributed by atoms with van der Waals surface area (Å²) in [5, 5.41) is 3.53. The van der Waals surface area contributed by atoms with E-state index in [2.05, 4.69) is 124 Å². The van der Waals surface area contributed by atoms with Crippen LogP contribution in [0.3, 0.4) is 0 Å². The van der Waals surface area contributed by atoms with Crippen LogP contribution in [-0.4, -0.2) is 69.4 Å². The molecule has 4 rings (SSSR count). The minimum atomic E-state index is -2.29. The van der Waals surface area contributed by atoms with Gasteiger partial charge in [-0.05, 0) is 60.0 Å². The number of imidazole rings is 1. The molecule has 0 radical (unpaired) electrons. The van der Waals surface area contributed by atoms with E-state index in [-0.39, 0.29) is 33.4 Å². The number of rotatable bonds is 11. The van der Waals surface area contributed by atoms with Crippen molar-refractivity contribution in [2.75, 3.05) is 11.9 Å². The Morgan fingerprint density at radius 1 is 0.745 bits per heavy atom. The number of anilines is 1. The summed E-state index contributed by atoms with van der Waals surface area (Å²) < 4.78 is 30.6. The third-order valence-electron chi connectivity index (χ3n) is 11.1. The average molecular weight is 701 g/mol. The second kappa shape index (κ2) is 13.4. The van der Waals surface area contributed by atoms with Crippen molar-refractivity contribution in [2.24, 2.45) is 0 Å². The van der Waals surface area contributed by atoms with Gasteiger partial charge in [0.2, 0.25) is 0 Å². The average Bonchev–Trinajstić information content (AvgIpc) is 3.50. The lowest BCUT2D eigenvalue weighted by Crippen LogP contribution is -2.54. The lowest BCUT2D eigenvalue weighted by molar-refractivity contribution is -0.0470. The summed E-state index contributed by atoms with van der Waals surface area (Å²) in [6.07, 6.45) is 1.87. The van der Waals surface area contributed by atoms with E-state index >= 15 is 0 Å². The summed E-state index contributed by atoms with van der Waals surface area (Å²) in [5.74, 6) is 0.685. The second-order valence-corrected chi connectivity index (χ2v) is 32.0. The summed E-state index contributed by atoms with van der Waals surface area (Å²) in [6.45, 7) is 35.3.